The second-order valence-electron chi connectivity index (χ2n) is 6.69. The van der Waals surface area contributed by atoms with Crippen LogP contribution in [-0.2, 0) is 4.79 Å². The highest BCUT2D eigenvalue weighted by molar-refractivity contribution is 5.95. The first-order chi connectivity index (χ1) is 12.7. The van der Waals surface area contributed by atoms with Crippen LogP contribution in [-0.4, -0.2) is 50.4 Å². The Morgan fingerprint density at radius 3 is 2.85 bits per heavy atom. The normalized spacial score (nSPS) is 15.1. The maximum absolute atomic E-state index is 13.4. The number of nitrogens with one attached hydrogen (secondary N) is 1. The molecule has 0 radical (unpaired) electrons. The first-order valence-corrected chi connectivity index (χ1v) is 8.85. The molecule has 0 atom stereocenters. The average molecular weight is 372 g/mol. The molecule has 4 rings (SSSR count). The van der Waals surface area contributed by atoms with E-state index in [2.05, 4.69) is 10.1 Å². The maximum atomic E-state index is 13.4. The van der Waals surface area contributed by atoms with Crippen LogP contribution >= 0.6 is 0 Å². The number of amides is 1. The lowest BCUT2D eigenvalue weighted by molar-refractivity contribution is -0.133. The number of halogens is 1. The Labute approximate surface area is 157 Å². The van der Waals surface area contributed by atoms with Crippen LogP contribution in [0, 0.1) is 5.82 Å². The van der Waals surface area contributed by atoms with Gasteiger partial charge in [-0.05, 0) is 31.0 Å². The van der Waals surface area contributed by atoms with E-state index in [0.29, 0.717) is 13.1 Å². The van der Waals surface area contributed by atoms with Gasteiger partial charge >= 0.3 is 0 Å². The Bertz CT molecular complexity index is 925. The van der Waals surface area contributed by atoms with Gasteiger partial charge in [0, 0.05) is 53.9 Å². The Kier molecular flexibility index (Phi) is 5.60. The fraction of sp³-hybridized carbons (Fsp3) is 0.400. The summed E-state index contributed by atoms with van der Waals surface area (Å²) in [5.74, 6) is -0.248. The fourth-order valence-electron chi connectivity index (χ4n) is 3.65. The van der Waals surface area contributed by atoms with Gasteiger partial charge in [0.1, 0.15) is 5.82 Å². The molecule has 1 aliphatic rings. The smallest absolute Gasteiger partial charge is 0.224 e. The van der Waals surface area contributed by atoms with Gasteiger partial charge in [0.15, 0.2) is 0 Å². The molecule has 27 heavy (non-hydrogen) atoms. The Morgan fingerprint density at radius 2 is 2.11 bits per heavy atom. The highest BCUT2D eigenvalue weighted by Gasteiger charge is 2.24. The van der Waals surface area contributed by atoms with Gasteiger partial charge in [0.2, 0.25) is 5.91 Å². The zero-order valence-corrected chi connectivity index (χ0v) is 14.4. The standard InChI is InChI=1S/C19H21FN4O2.CH4/c20-14-1-2-16-17(11-21-18(16)9-14)13-10-22-24(12-13)15-3-6-23(7-4-15)19(26)5-8-25;/h1-2,9-12,15,21,25H,3-8H2;1H4. The molecular weight excluding hydrogens is 347 g/mol. The number of benzene rings is 1. The summed E-state index contributed by atoms with van der Waals surface area (Å²) in [5, 5.41) is 14.4. The number of carbonyl (C=O) groups is 1. The highest BCUT2D eigenvalue weighted by atomic mass is 19.1. The third-order valence-electron chi connectivity index (χ3n) is 5.07. The number of rotatable bonds is 4. The first kappa shape index (κ1) is 19.1. The molecule has 1 aromatic carbocycles. The van der Waals surface area contributed by atoms with Crippen molar-refractivity contribution in [3.63, 3.8) is 0 Å². The summed E-state index contributed by atoms with van der Waals surface area (Å²) < 4.78 is 15.3. The summed E-state index contributed by atoms with van der Waals surface area (Å²) in [6, 6.07) is 4.98. The van der Waals surface area contributed by atoms with Gasteiger partial charge in [-0.15, -0.1) is 0 Å². The SMILES string of the molecule is C.O=C(CCO)N1CCC(n2cc(-c3c[nH]c4cc(F)ccc34)cn2)CC1. The topological polar surface area (TPSA) is 74.2 Å². The molecule has 1 saturated heterocycles. The van der Waals surface area contributed by atoms with Crippen LogP contribution in [0.2, 0.25) is 0 Å². The third-order valence-corrected chi connectivity index (χ3v) is 5.07. The molecule has 3 aromatic rings. The summed E-state index contributed by atoms with van der Waals surface area (Å²) in [4.78, 5) is 16.8. The molecule has 7 heteroatoms. The Morgan fingerprint density at radius 1 is 1.33 bits per heavy atom. The van der Waals surface area contributed by atoms with Crippen molar-refractivity contribution in [3.8, 4) is 11.1 Å². The van der Waals surface area contributed by atoms with E-state index in [0.717, 1.165) is 34.9 Å². The molecule has 1 amide bonds. The summed E-state index contributed by atoms with van der Waals surface area (Å²) in [5.41, 5.74) is 2.76. The van der Waals surface area contributed by atoms with Gasteiger partial charge in [-0.2, -0.15) is 5.10 Å². The molecule has 0 spiro atoms. The van der Waals surface area contributed by atoms with E-state index in [4.69, 9.17) is 5.11 Å². The van der Waals surface area contributed by atoms with Crippen molar-refractivity contribution in [1.82, 2.24) is 19.7 Å². The molecule has 2 N–H and O–H groups in total. The summed E-state index contributed by atoms with van der Waals surface area (Å²) >= 11 is 0. The van der Waals surface area contributed by atoms with Gasteiger partial charge < -0.3 is 15.0 Å². The van der Waals surface area contributed by atoms with E-state index >= 15 is 0 Å². The Hall–Kier alpha value is -2.67. The predicted molar refractivity (Wildman–Crippen MR) is 103 cm³/mol. The molecule has 2 aromatic heterocycles. The number of fused-ring (bicyclic) bond motifs is 1. The number of aliphatic hydroxyl groups excluding tert-OH is 1. The predicted octanol–water partition coefficient (Wildman–Crippen LogP) is 3.35. The van der Waals surface area contributed by atoms with E-state index in [9.17, 15) is 9.18 Å². The van der Waals surface area contributed by atoms with Gasteiger partial charge in [-0.3, -0.25) is 9.48 Å². The van der Waals surface area contributed by atoms with E-state index < -0.39 is 0 Å². The summed E-state index contributed by atoms with van der Waals surface area (Å²) in [6.07, 6.45) is 7.60. The largest absolute Gasteiger partial charge is 0.396 e. The zero-order chi connectivity index (χ0) is 18.1. The lowest BCUT2D eigenvalue weighted by atomic mass is 10.0. The van der Waals surface area contributed by atoms with E-state index in [1.807, 2.05) is 28.2 Å². The third kappa shape index (κ3) is 3.73. The molecule has 144 valence electrons. The Balaban J connectivity index is 0.00000210. The molecule has 0 aliphatic carbocycles. The molecule has 1 fully saturated rings. The number of hydrogen-bond acceptors (Lipinski definition) is 3. The van der Waals surface area contributed by atoms with Crippen molar-refractivity contribution in [2.75, 3.05) is 19.7 Å². The number of hydrogen-bond donors (Lipinski definition) is 2. The number of piperidine rings is 1. The number of nitrogens with zero attached hydrogens (tertiary/aromatic N) is 3. The number of aromatic nitrogens is 3. The molecule has 0 saturated carbocycles. The highest BCUT2D eigenvalue weighted by Crippen LogP contribution is 2.30. The molecular formula is C20H25FN4O2. The van der Waals surface area contributed by atoms with Gasteiger partial charge in [-0.25, -0.2) is 4.39 Å². The number of aliphatic hydroxyl groups is 1. The maximum Gasteiger partial charge on any atom is 0.224 e. The molecule has 0 unspecified atom stereocenters. The van der Waals surface area contributed by atoms with Gasteiger partial charge in [0.25, 0.3) is 0 Å². The number of H-pyrrole nitrogens is 1. The quantitative estimate of drug-likeness (QED) is 0.738. The van der Waals surface area contributed by atoms with Crippen LogP contribution in [0.5, 0.6) is 0 Å². The van der Waals surface area contributed by atoms with E-state index in [1.54, 1.807) is 6.07 Å². The second-order valence-corrected chi connectivity index (χ2v) is 6.69. The fourth-order valence-corrected chi connectivity index (χ4v) is 3.65. The average Bonchev–Trinajstić information content (AvgIpc) is 3.28. The van der Waals surface area contributed by atoms with Crippen molar-refractivity contribution in [1.29, 1.82) is 0 Å². The van der Waals surface area contributed by atoms with Crippen LogP contribution in [0.4, 0.5) is 4.39 Å². The van der Waals surface area contributed by atoms with Crippen molar-refractivity contribution in [2.45, 2.75) is 32.7 Å². The van der Waals surface area contributed by atoms with Crippen molar-refractivity contribution >= 4 is 16.8 Å². The minimum atomic E-state index is -0.260. The van der Waals surface area contributed by atoms with Crippen molar-refractivity contribution in [3.05, 3.63) is 42.6 Å². The van der Waals surface area contributed by atoms with Crippen LogP contribution in [0.25, 0.3) is 22.0 Å². The molecule has 3 heterocycles. The van der Waals surface area contributed by atoms with Crippen LogP contribution < -0.4 is 0 Å². The van der Waals surface area contributed by atoms with Crippen molar-refractivity contribution < 1.29 is 14.3 Å². The first-order valence-electron chi connectivity index (χ1n) is 8.85. The van der Waals surface area contributed by atoms with Gasteiger partial charge in [-0.1, -0.05) is 7.43 Å². The van der Waals surface area contributed by atoms with Gasteiger partial charge in [0.05, 0.1) is 18.8 Å². The molecule has 6 nitrogen and oxygen atoms in total. The minimum absolute atomic E-state index is 0. The lowest BCUT2D eigenvalue weighted by Crippen LogP contribution is -2.39. The zero-order valence-electron chi connectivity index (χ0n) is 14.4. The van der Waals surface area contributed by atoms with Crippen LogP contribution in [0.15, 0.2) is 36.8 Å². The lowest BCUT2D eigenvalue weighted by Gasteiger charge is -2.32. The van der Waals surface area contributed by atoms with E-state index in [1.165, 1.54) is 12.1 Å². The summed E-state index contributed by atoms with van der Waals surface area (Å²) in [6.45, 7) is 1.27. The molecule has 0 bridgehead atoms. The second kappa shape index (κ2) is 7.92. The number of aromatic amines is 1. The van der Waals surface area contributed by atoms with Crippen LogP contribution in [0.3, 0.4) is 0 Å². The van der Waals surface area contributed by atoms with E-state index in [-0.39, 0.29) is 38.2 Å². The monoisotopic (exact) mass is 372 g/mol. The summed E-state index contributed by atoms with van der Waals surface area (Å²) in [7, 11) is 0. The number of carbonyl (C=O) groups excluding carboxylic acids is 1. The van der Waals surface area contributed by atoms with Crippen LogP contribution in [0.1, 0.15) is 32.7 Å². The molecule has 1 aliphatic heterocycles. The minimum Gasteiger partial charge on any atom is -0.396 e. The number of likely N-dealkylation sites (tertiary alicyclic amines) is 1. The van der Waals surface area contributed by atoms with Crippen molar-refractivity contribution in [2.24, 2.45) is 0 Å².